The fourth-order valence-corrected chi connectivity index (χ4v) is 1.85. The molecule has 0 atom stereocenters. The van der Waals surface area contributed by atoms with Gasteiger partial charge in [0.05, 0.1) is 12.7 Å². The van der Waals surface area contributed by atoms with Crippen LogP contribution in [-0.4, -0.2) is 12.9 Å². The first-order valence-corrected chi connectivity index (χ1v) is 6.31. The van der Waals surface area contributed by atoms with Crippen molar-refractivity contribution in [3.8, 4) is 11.5 Å². The maximum absolute atomic E-state index is 7.47. The maximum Gasteiger partial charge on any atom is 0.130 e. The Balaban J connectivity index is 2.10. The third-order valence-corrected chi connectivity index (χ3v) is 2.98. The van der Waals surface area contributed by atoms with Gasteiger partial charge in [-0.25, -0.2) is 0 Å². The summed E-state index contributed by atoms with van der Waals surface area (Å²) in [5.41, 5.74) is 8.24. The molecule has 0 fully saturated rings. The van der Waals surface area contributed by atoms with E-state index in [2.05, 4.69) is 0 Å². The molecule has 0 aliphatic heterocycles. The number of methoxy groups -OCH3 is 1. The molecule has 104 valence electrons. The molecule has 0 heterocycles. The van der Waals surface area contributed by atoms with E-state index in [1.54, 1.807) is 13.2 Å². The average molecular weight is 270 g/mol. The quantitative estimate of drug-likeness (QED) is 0.648. The smallest absolute Gasteiger partial charge is 0.130 e. The molecule has 0 bridgehead atoms. The topological polar surface area (TPSA) is 68.3 Å². The van der Waals surface area contributed by atoms with Crippen molar-refractivity contribution in [1.29, 1.82) is 5.41 Å². The van der Waals surface area contributed by atoms with Crippen molar-refractivity contribution in [1.82, 2.24) is 0 Å². The Hall–Kier alpha value is -2.49. The summed E-state index contributed by atoms with van der Waals surface area (Å²) in [5, 5.41) is 7.47. The van der Waals surface area contributed by atoms with E-state index in [-0.39, 0.29) is 5.84 Å². The van der Waals surface area contributed by atoms with E-state index >= 15 is 0 Å². The molecular formula is C16H18N2O2. The van der Waals surface area contributed by atoms with Crippen LogP contribution in [0.15, 0.2) is 42.5 Å². The average Bonchev–Trinajstić information content (AvgIpc) is 2.46. The van der Waals surface area contributed by atoms with Gasteiger partial charge in [0, 0.05) is 0 Å². The molecule has 0 radical (unpaired) electrons. The van der Waals surface area contributed by atoms with Gasteiger partial charge in [0.15, 0.2) is 0 Å². The van der Waals surface area contributed by atoms with Crippen molar-refractivity contribution in [3.05, 3.63) is 59.2 Å². The van der Waals surface area contributed by atoms with Gasteiger partial charge in [0.1, 0.15) is 23.9 Å². The Kier molecular flexibility index (Phi) is 4.25. The number of nitrogens with one attached hydrogen (secondary N) is 1. The molecule has 2 aromatic carbocycles. The summed E-state index contributed by atoms with van der Waals surface area (Å²) in [6, 6.07) is 13.4. The maximum atomic E-state index is 7.47. The zero-order valence-electron chi connectivity index (χ0n) is 11.6. The predicted molar refractivity (Wildman–Crippen MR) is 79.5 cm³/mol. The summed E-state index contributed by atoms with van der Waals surface area (Å²) >= 11 is 0. The van der Waals surface area contributed by atoms with Crippen molar-refractivity contribution in [2.24, 2.45) is 5.73 Å². The van der Waals surface area contributed by atoms with Crippen LogP contribution in [0.25, 0.3) is 0 Å². The Morgan fingerprint density at radius 3 is 2.45 bits per heavy atom. The number of amidine groups is 1. The van der Waals surface area contributed by atoms with Crippen LogP contribution in [0, 0.1) is 12.3 Å². The van der Waals surface area contributed by atoms with Gasteiger partial charge in [-0.1, -0.05) is 23.8 Å². The summed E-state index contributed by atoms with van der Waals surface area (Å²) in [6.07, 6.45) is 0. The first-order chi connectivity index (χ1) is 9.60. The summed E-state index contributed by atoms with van der Waals surface area (Å²) in [5.74, 6) is 1.40. The van der Waals surface area contributed by atoms with Gasteiger partial charge in [-0.2, -0.15) is 0 Å². The Morgan fingerprint density at radius 2 is 1.85 bits per heavy atom. The second-order valence-electron chi connectivity index (χ2n) is 4.55. The molecule has 0 unspecified atom stereocenters. The zero-order valence-corrected chi connectivity index (χ0v) is 11.6. The van der Waals surface area contributed by atoms with Gasteiger partial charge in [0.2, 0.25) is 0 Å². The van der Waals surface area contributed by atoms with E-state index in [1.807, 2.05) is 43.3 Å². The van der Waals surface area contributed by atoms with E-state index < -0.39 is 0 Å². The van der Waals surface area contributed by atoms with Gasteiger partial charge in [-0.3, -0.25) is 5.41 Å². The first-order valence-electron chi connectivity index (χ1n) is 6.31. The number of hydrogen-bond donors (Lipinski definition) is 2. The molecule has 0 saturated carbocycles. The van der Waals surface area contributed by atoms with Crippen LogP contribution >= 0.6 is 0 Å². The van der Waals surface area contributed by atoms with Crippen LogP contribution in [0.3, 0.4) is 0 Å². The van der Waals surface area contributed by atoms with Gasteiger partial charge in [-0.15, -0.1) is 0 Å². The lowest BCUT2D eigenvalue weighted by atomic mass is 10.1. The highest BCUT2D eigenvalue weighted by atomic mass is 16.5. The van der Waals surface area contributed by atoms with Crippen molar-refractivity contribution in [2.45, 2.75) is 13.5 Å². The van der Waals surface area contributed by atoms with Crippen LogP contribution in [-0.2, 0) is 6.61 Å². The molecule has 4 heteroatoms. The summed E-state index contributed by atoms with van der Waals surface area (Å²) < 4.78 is 10.9. The molecule has 2 rings (SSSR count). The fraction of sp³-hybridized carbons (Fsp3) is 0.188. The van der Waals surface area contributed by atoms with Crippen LogP contribution in [0.5, 0.6) is 11.5 Å². The summed E-state index contributed by atoms with van der Waals surface area (Å²) in [4.78, 5) is 0. The third kappa shape index (κ3) is 3.29. The monoisotopic (exact) mass is 270 g/mol. The number of nitrogen functional groups attached to an aromatic ring is 1. The molecule has 0 saturated heterocycles. The molecule has 3 N–H and O–H groups in total. The van der Waals surface area contributed by atoms with E-state index in [1.165, 1.54) is 5.56 Å². The number of hydrogen-bond acceptors (Lipinski definition) is 3. The van der Waals surface area contributed by atoms with Crippen LogP contribution in [0.4, 0.5) is 0 Å². The van der Waals surface area contributed by atoms with E-state index in [9.17, 15) is 0 Å². The Morgan fingerprint density at radius 1 is 1.15 bits per heavy atom. The van der Waals surface area contributed by atoms with E-state index in [0.29, 0.717) is 17.9 Å². The highest BCUT2D eigenvalue weighted by Crippen LogP contribution is 2.21. The largest absolute Gasteiger partial charge is 0.496 e. The number of nitrogens with two attached hydrogens (primary N) is 1. The predicted octanol–water partition coefficient (Wildman–Crippen LogP) is 2.87. The summed E-state index contributed by atoms with van der Waals surface area (Å²) in [6.45, 7) is 2.48. The number of ether oxygens (including phenoxy) is 2. The van der Waals surface area contributed by atoms with Crippen LogP contribution < -0.4 is 15.2 Å². The molecule has 0 aliphatic carbocycles. The standard InChI is InChI=1S/C16H18N2O2/c1-11-3-6-13(7-4-11)20-10-12-5-8-14(16(17)18)15(9-12)19-2/h3-9H,10H2,1-2H3,(H3,17,18). The van der Waals surface area contributed by atoms with E-state index in [0.717, 1.165) is 11.3 Å². The lowest BCUT2D eigenvalue weighted by Gasteiger charge is -2.11. The SMILES string of the molecule is COc1cc(COc2ccc(C)cc2)ccc1C(=N)N. The van der Waals surface area contributed by atoms with Gasteiger partial charge in [-0.05, 0) is 36.8 Å². The first kappa shape index (κ1) is 13.9. The lowest BCUT2D eigenvalue weighted by molar-refractivity contribution is 0.305. The van der Waals surface area contributed by atoms with Crippen LogP contribution in [0.2, 0.25) is 0 Å². The Bertz CT molecular complexity index is 606. The molecular weight excluding hydrogens is 252 g/mol. The molecule has 4 nitrogen and oxygen atoms in total. The second-order valence-corrected chi connectivity index (χ2v) is 4.55. The number of rotatable bonds is 5. The minimum absolute atomic E-state index is 0.00662. The minimum Gasteiger partial charge on any atom is -0.496 e. The molecule has 2 aromatic rings. The lowest BCUT2D eigenvalue weighted by Crippen LogP contribution is -2.12. The number of aryl methyl sites for hydroxylation is 1. The van der Waals surface area contributed by atoms with Crippen LogP contribution in [0.1, 0.15) is 16.7 Å². The molecule has 0 amide bonds. The van der Waals surface area contributed by atoms with Crippen molar-refractivity contribution >= 4 is 5.84 Å². The fourth-order valence-electron chi connectivity index (χ4n) is 1.85. The zero-order chi connectivity index (χ0) is 14.5. The van der Waals surface area contributed by atoms with Crippen molar-refractivity contribution in [2.75, 3.05) is 7.11 Å². The van der Waals surface area contributed by atoms with Crippen molar-refractivity contribution < 1.29 is 9.47 Å². The normalized spacial score (nSPS) is 10.1. The van der Waals surface area contributed by atoms with E-state index in [4.69, 9.17) is 20.6 Å². The van der Waals surface area contributed by atoms with Gasteiger partial charge < -0.3 is 15.2 Å². The highest BCUT2D eigenvalue weighted by molar-refractivity contribution is 5.97. The molecule has 0 aliphatic rings. The molecule has 0 spiro atoms. The second kappa shape index (κ2) is 6.10. The molecule has 0 aromatic heterocycles. The Labute approximate surface area is 118 Å². The summed E-state index contributed by atoms with van der Waals surface area (Å²) in [7, 11) is 1.56. The number of benzene rings is 2. The molecule has 20 heavy (non-hydrogen) atoms. The third-order valence-electron chi connectivity index (χ3n) is 2.98. The van der Waals surface area contributed by atoms with Gasteiger partial charge >= 0.3 is 0 Å². The highest BCUT2D eigenvalue weighted by Gasteiger charge is 2.07. The minimum atomic E-state index is -0.00662. The van der Waals surface area contributed by atoms with Gasteiger partial charge in [0.25, 0.3) is 0 Å². The van der Waals surface area contributed by atoms with Crippen molar-refractivity contribution in [3.63, 3.8) is 0 Å².